The van der Waals surface area contributed by atoms with Crippen LogP contribution in [0.4, 0.5) is 0 Å². The molecule has 0 aliphatic carbocycles. The number of nitrogens with zero attached hydrogens (tertiary/aromatic N) is 1. The molecule has 1 aromatic carbocycles. The van der Waals surface area contributed by atoms with E-state index in [9.17, 15) is 58.5 Å². The fraction of sp³-hybridized carbons (Fsp3) is 0.698. The summed E-state index contributed by atoms with van der Waals surface area (Å²) in [6.45, 7) is 20.2. The second-order valence-electron chi connectivity index (χ2n) is 21.4. The molecule has 0 spiro atoms. The Labute approximate surface area is 454 Å². The molecule has 24 nitrogen and oxygen atoms in total. The molecule has 436 valence electrons. The Kier molecular flexibility index (Phi) is 30.6. The molecule has 0 radical (unpaired) electrons. The molecule has 0 saturated heterocycles. The average molecular weight is 1090 g/mol. The van der Waals surface area contributed by atoms with Crippen LogP contribution in [0.5, 0.6) is 0 Å². The fourth-order valence-corrected chi connectivity index (χ4v) is 8.12. The molecule has 0 saturated carbocycles. The van der Waals surface area contributed by atoms with E-state index >= 15 is 0 Å². The Bertz CT molecular complexity index is 2100. The highest BCUT2D eigenvalue weighted by atomic mass is 16.4. The number of aliphatic imine (C=N–C) groups is 1. The lowest BCUT2D eigenvalue weighted by Gasteiger charge is -2.31. The number of guanidine groups is 1. The minimum Gasteiger partial charge on any atom is -0.480 e. The number of nitrogens with one attached hydrogen (secondary N) is 8. The molecule has 0 heterocycles. The van der Waals surface area contributed by atoms with E-state index in [1.54, 1.807) is 41.5 Å². The largest absolute Gasteiger partial charge is 0.480 e. The number of aliphatic hydroxyl groups excluding tert-OH is 2. The predicted molar refractivity (Wildman–Crippen MR) is 292 cm³/mol. The quantitative estimate of drug-likeness (QED) is 0.0233. The maximum atomic E-state index is 14.3. The Hall–Kier alpha value is -6.40. The number of carbonyl (C=O) groups excluding carboxylic acids is 8. The van der Waals surface area contributed by atoms with E-state index in [2.05, 4.69) is 47.5 Å². The van der Waals surface area contributed by atoms with Gasteiger partial charge in [-0.25, -0.2) is 4.79 Å². The van der Waals surface area contributed by atoms with Gasteiger partial charge in [0.05, 0.1) is 18.2 Å². The minimum absolute atomic E-state index is 0.0215. The number of hydrogen-bond acceptors (Lipinski definition) is 13. The normalized spacial score (nSPS) is 16.5. The molecular weight excluding hydrogens is 997 g/mol. The van der Waals surface area contributed by atoms with Crippen LogP contribution in [0.1, 0.15) is 134 Å². The van der Waals surface area contributed by atoms with Gasteiger partial charge in [-0.15, -0.1) is 0 Å². The molecule has 77 heavy (non-hydrogen) atoms. The van der Waals surface area contributed by atoms with Gasteiger partial charge in [0.25, 0.3) is 0 Å². The van der Waals surface area contributed by atoms with Gasteiger partial charge < -0.3 is 75.1 Å². The third kappa shape index (κ3) is 25.1. The zero-order chi connectivity index (χ0) is 58.9. The van der Waals surface area contributed by atoms with Gasteiger partial charge in [0.1, 0.15) is 48.3 Å². The third-order valence-corrected chi connectivity index (χ3v) is 12.9. The van der Waals surface area contributed by atoms with Crippen molar-refractivity contribution in [2.24, 2.45) is 51.8 Å². The van der Waals surface area contributed by atoms with Crippen LogP contribution >= 0.6 is 0 Å². The molecule has 1 rings (SSSR count). The molecule has 17 N–H and O–H groups in total. The molecule has 0 aliphatic heterocycles. The van der Waals surface area contributed by atoms with Gasteiger partial charge in [0, 0.05) is 6.54 Å². The maximum absolute atomic E-state index is 14.3. The lowest BCUT2D eigenvalue weighted by Crippen LogP contribution is -2.63. The van der Waals surface area contributed by atoms with Crippen molar-refractivity contribution in [2.45, 2.75) is 201 Å². The minimum atomic E-state index is -1.69. The van der Waals surface area contributed by atoms with Crippen molar-refractivity contribution in [2.75, 3.05) is 6.54 Å². The number of amides is 8. The van der Waals surface area contributed by atoms with Crippen LogP contribution < -0.4 is 59.7 Å². The van der Waals surface area contributed by atoms with Crippen molar-refractivity contribution < 1.29 is 58.5 Å². The SMILES string of the molecule is CC[C@H](C)[C@H](NC(=O)[C@@H](NC(=O)[C@H](CC(C)C)NC(=O)[C@@H](NC(=O)[C@H](CCCN=C(N)N)NC(=O)[C@@H](NC(=O)[C@H](CC(C)C)NC(=O)[C@H](CC(C)C)NC(=O)[C@@H](N)Cc1ccccc1)[C@@H](C)O)[C@@H](C)CC)[C@@H](C)O)C(=O)O. The Morgan fingerprint density at radius 2 is 0.844 bits per heavy atom. The summed E-state index contributed by atoms with van der Waals surface area (Å²) < 4.78 is 0. The number of carbonyl (C=O) groups is 9. The van der Waals surface area contributed by atoms with Crippen molar-refractivity contribution in [3.8, 4) is 0 Å². The van der Waals surface area contributed by atoms with Crippen molar-refractivity contribution >= 4 is 59.2 Å². The summed E-state index contributed by atoms with van der Waals surface area (Å²) >= 11 is 0. The van der Waals surface area contributed by atoms with E-state index in [1.165, 1.54) is 13.8 Å². The number of carboxylic acid groups (broad SMARTS) is 1. The summed E-state index contributed by atoms with van der Waals surface area (Å²) in [4.78, 5) is 127. The van der Waals surface area contributed by atoms with Crippen LogP contribution in [-0.4, -0.2) is 148 Å². The number of nitrogens with two attached hydrogens (primary N) is 3. The second-order valence-corrected chi connectivity index (χ2v) is 21.4. The number of benzene rings is 1. The lowest BCUT2D eigenvalue weighted by atomic mass is 9.95. The predicted octanol–water partition coefficient (Wildman–Crippen LogP) is -0.435. The van der Waals surface area contributed by atoms with Crippen LogP contribution in [0.2, 0.25) is 0 Å². The summed E-state index contributed by atoms with van der Waals surface area (Å²) in [7, 11) is 0. The average Bonchev–Trinajstić information content (AvgIpc) is 3.34. The smallest absolute Gasteiger partial charge is 0.326 e. The molecule has 0 bridgehead atoms. The number of rotatable bonds is 35. The summed E-state index contributed by atoms with van der Waals surface area (Å²) in [5.41, 5.74) is 18.1. The van der Waals surface area contributed by atoms with E-state index in [0.717, 1.165) is 5.56 Å². The number of aliphatic hydroxyl groups is 2. The third-order valence-electron chi connectivity index (χ3n) is 12.9. The van der Waals surface area contributed by atoms with Crippen LogP contribution in [0, 0.1) is 29.6 Å². The second kappa shape index (κ2) is 34.4. The number of hydrogen-bond donors (Lipinski definition) is 14. The van der Waals surface area contributed by atoms with Gasteiger partial charge >= 0.3 is 5.97 Å². The van der Waals surface area contributed by atoms with Crippen LogP contribution in [0.3, 0.4) is 0 Å². The van der Waals surface area contributed by atoms with Crippen LogP contribution in [0.15, 0.2) is 35.3 Å². The van der Waals surface area contributed by atoms with E-state index in [1.807, 2.05) is 58.0 Å². The fourth-order valence-electron chi connectivity index (χ4n) is 8.12. The molecule has 0 aromatic heterocycles. The Balaban J connectivity index is 3.50. The monoisotopic (exact) mass is 1090 g/mol. The summed E-state index contributed by atoms with van der Waals surface area (Å²) in [6.07, 6.45) is -1.76. The van der Waals surface area contributed by atoms with E-state index in [4.69, 9.17) is 17.2 Å². The van der Waals surface area contributed by atoms with E-state index in [0.29, 0.717) is 12.8 Å². The molecule has 1 aromatic rings. The first-order valence-electron chi connectivity index (χ1n) is 26.8. The highest BCUT2D eigenvalue weighted by Crippen LogP contribution is 2.15. The zero-order valence-corrected chi connectivity index (χ0v) is 47.2. The molecular formula is C53H92N12O12. The summed E-state index contributed by atoms with van der Waals surface area (Å²) in [6, 6.07) is -2.90. The zero-order valence-electron chi connectivity index (χ0n) is 47.2. The van der Waals surface area contributed by atoms with E-state index < -0.39 is 132 Å². The molecule has 13 atom stereocenters. The standard InChI is InChI=1S/C53H92N12O12/c1-13-30(9)40(49(73)61-39(25-29(7)8)48(72)65-43(33(12)67)51(75)63-41(52(76)77)31(10)14-2)62-45(69)36(21-18-22-57-53(55)56)58-50(74)42(32(11)66)64-47(71)38(24-28(5)6)60-46(70)37(23-27(3)4)59-44(68)35(54)26-34-19-16-15-17-20-34/h15-17,19-20,27-33,35-43,66-67H,13-14,18,21-26,54H2,1-12H3,(H,58,74)(H,59,68)(H,60,70)(H,61,73)(H,62,69)(H,63,75)(H,64,71)(H,65,72)(H,76,77)(H4,55,56,57)/t30-,31-,32+,33+,35-,36-,37-,38-,39-,40-,41-,42-,43-/m0/s1. The van der Waals surface area contributed by atoms with Gasteiger partial charge in [0.15, 0.2) is 5.96 Å². The first kappa shape index (κ1) is 68.6. The van der Waals surface area contributed by atoms with Crippen LogP contribution in [-0.2, 0) is 49.6 Å². The Morgan fingerprint density at radius 1 is 0.494 bits per heavy atom. The number of carboxylic acids is 1. The first-order chi connectivity index (χ1) is 35.9. The van der Waals surface area contributed by atoms with Gasteiger partial charge in [0.2, 0.25) is 47.3 Å². The maximum Gasteiger partial charge on any atom is 0.326 e. The van der Waals surface area contributed by atoms with Crippen molar-refractivity contribution in [1.82, 2.24) is 42.5 Å². The highest BCUT2D eigenvalue weighted by Gasteiger charge is 2.38. The summed E-state index contributed by atoms with van der Waals surface area (Å²) in [5, 5.41) is 52.0. The highest BCUT2D eigenvalue weighted by molar-refractivity contribution is 5.98. The van der Waals surface area contributed by atoms with Crippen molar-refractivity contribution in [3.63, 3.8) is 0 Å². The molecule has 0 fully saturated rings. The Morgan fingerprint density at radius 3 is 1.26 bits per heavy atom. The first-order valence-corrected chi connectivity index (χ1v) is 26.8. The topological polar surface area (TPSA) is 401 Å². The number of aliphatic carboxylic acids is 1. The van der Waals surface area contributed by atoms with Gasteiger partial charge in [-0.3, -0.25) is 43.3 Å². The van der Waals surface area contributed by atoms with Gasteiger partial charge in [-0.2, -0.15) is 0 Å². The molecule has 8 amide bonds. The molecule has 0 aliphatic rings. The van der Waals surface area contributed by atoms with E-state index in [-0.39, 0.29) is 68.8 Å². The van der Waals surface area contributed by atoms with Gasteiger partial charge in [-0.1, -0.05) is 112 Å². The molecule has 0 unspecified atom stereocenters. The van der Waals surface area contributed by atoms with Gasteiger partial charge in [-0.05, 0) is 87.5 Å². The van der Waals surface area contributed by atoms with Crippen molar-refractivity contribution in [1.29, 1.82) is 0 Å². The van der Waals surface area contributed by atoms with Crippen LogP contribution in [0.25, 0.3) is 0 Å². The molecule has 24 heteroatoms. The summed E-state index contributed by atoms with van der Waals surface area (Å²) in [5.74, 6) is -9.66. The van der Waals surface area contributed by atoms with Crippen molar-refractivity contribution in [3.05, 3.63) is 35.9 Å². The lowest BCUT2D eigenvalue weighted by molar-refractivity contribution is -0.144.